The normalized spacial score (nSPS) is 11.9. The SMILES string of the molecule is Cc1nc(CN(C)S(=O)(=O)Cc2ccccc2N)n[nH]1. The van der Waals surface area contributed by atoms with Crippen molar-refractivity contribution in [3.63, 3.8) is 0 Å². The highest BCUT2D eigenvalue weighted by molar-refractivity contribution is 7.88. The fourth-order valence-corrected chi connectivity index (χ4v) is 2.92. The summed E-state index contributed by atoms with van der Waals surface area (Å²) in [5.41, 5.74) is 6.83. The molecule has 0 fully saturated rings. The fourth-order valence-electron chi connectivity index (χ4n) is 1.73. The van der Waals surface area contributed by atoms with Crippen LogP contribution in [0.4, 0.5) is 5.69 Å². The molecule has 108 valence electrons. The molecule has 0 radical (unpaired) electrons. The first-order valence-corrected chi connectivity index (χ1v) is 7.64. The molecule has 3 N–H and O–H groups in total. The van der Waals surface area contributed by atoms with E-state index in [1.54, 1.807) is 31.2 Å². The third-order valence-corrected chi connectivity index (χ3v) is 4.63. The van der Waals surface area contributed by atoms with Gasteiger partial charge in [0, 0.05) is 12.7 Å². The number of nitrogen functional groups attached to an aromatic ring is 1. The van der Waals surface area contributed by atoms with Gasteiger partial charge in [-0.15, -0.1) is 0 Å². The van der Waals surface area contributed by atoms with Crippen molar-refractivity contribution in [2.24, 2.45) is 0 Å². The van der Waals surface area contributed by atoms with Gasteiger partial charge in [0.15, 0.2) is 5.82 Å². The molecular weight excluding hydrogens is 278 g/mol. The monoisotopic (exact) mass is 295 g/mol. The van der Waals surface area contributed by atoms with Gasteiger partial charge in [0.2, 0.25) is 10.0 Å². The number of anilines is 1. The van der Waals surface area contributed by atoms with Crippen LogP contribution in [0.3, 0.4) is 0 Å². The summed E-state index contributed by atoms with van der Waals surface area (Å²) in [4.78, 5) is 4.09. The van der Waals surface area contributed by atoms with Gasteiger partial charge in [-0.2, -0.15) is 9.40 Å². The number of H-pyrrole nitrogens is 1. The zero-order chi connectivity index (χ0) is 14.8. The Kier molecular flexibility index (Phi) is 4.05. The van der Waals surface area contributed by atoms with E-state index < -0.39 is 10.0 Å². The van der Waals surface area contributed by atoms with Crippen LogP contribution in [0.2, 0.25) is 0 Å². The Hall–Kier alpha value is -1.93. The summed E-state index contributed by atoms with van der Waals surface area (Å²) in [6.07, 6.45) is 0. The Morgan fingerprint density at radius 2 is 2.05 bits per heavy atom. The number of aromatic amines is 1. The van der Waals surface area contributed by atoms with Crippen LogP contribution < -0.4 is 5.73 Å². The summed E-state index contributed by atoms with van der Waals surface area (Å²) in [6, 6.07) is 6.92. The van der Waals surface area contributed by atoms with Crippen LogP contribution in [-0.2, 0) is 22.3 Å². The van der Waals surface area contributed by atoms with E-state index in [0.29, 0.717) is 22.9 Å². The van der Waals surface area contributed by atoms with Crippen molar-refractivity contribution in [3.8, 4) is 0 Å². The smallest absolute Gasteiger partial charge is 0.218 e. The second kappa shape index (κ2) is 5.59. The zero-order valence-electron chi connectivity index (χ0n) is 11.4. The van der Waals surface area contributed by atoms with E-state index in [2.05, 4.69) is 15.2 Å². The Morgan fingerprint density at radius 3 is 2.65 bits per heavy atom. The number of aromatic nitrogens is 3. The van der Waals surface area contributed by atoms with Gasteiger partial charge in [-0.05, 0) is 18.6 Å². The third-order valence-electron chi connectivity index (χ3n) is 2.88. The lowest BCUT2D eigenvalue weighted by Crippen LogP contribution is -2.28. The number of rotatable bonds is 5. The summed E-state index contributed by atoms with van der Waals surface area (Å²) in [7, 11) is -1.97. The van der Waals surface area contributed by atoms with E-state index in [-0.39, 0.29) is 12.3 Å². The van der Waals surface area contributed by atoms with Gasteiger partial charge in [0.1, 0.15) is 5.82 Å². The Bertz CT molecular complexity index is 695. The lowest BCUT2D eigenvalue weighted by Gasteiger charge is -2.16. The quantitative estimate of drug-likeness (QED) is 0.788. The van der Waals surface area contributed by atoms with Gasteiger partial charge < -0.3 is 5.73 Å². The van der Waals surface area contributed by atoms with Crippen LogP contribution in [0.15, 0.2) is 24.3 Å². The maximum atomic E-state index is 12.3. The number of benzene rings is 1. The number of hydrogen-bond acceptors (Lipinski definition) is 5. The molecule has 20 heavy (non-hydrogen) atoms. The van der Waals surface area contributed by atoms with E-state index >= 15 is 0 Å². The number of nitrogens with zero attached hydrogens (tertiary/aromatic N) is 3. The molecule has 2 aromatic rings. The number of nitrogens with two attached hydrogens (primary N) is 1. The molecule has 0 atom stereocenters. The largest absolute Gasteiger partial charge is 0.398 e. The van der Waals surface area contributed by atoms with Gasteiger partial charge >= 0.3 is 0 Å². The topological polar surface area (TPSA) is 105 Å². The highest BCUT2D eigenvalue weighted by Crippen LogP contribution is 2.16. The Labute approximate surface area is 117 Å². The molecule has 1 aromatic carbocycles. The molecule has 0 amide bonds. The van der Waals surface area contributed by atoms with Crippen LogP contribution >= 0.6 is 0 Å². The van der Waals surface area contributed by atoms with Gasteiger partial charge in [0.25, 0.3) is 0 Å². The molecule has 0 saturated heterocycles. The highest BCUT2D eigenvalue weighted by Gasteiger charge is 2.21. The van der Waals surface area contributed by atoms with Crippen molar-refractivity contribution in [2.45, 2.75) is 19.2 Å². The number of nitrogens with one attached hydrogen (secondary N) is 1. The minimum Gasteiger partial charge on any atom is -0.398 e. The van der Waals surface area contributed by atoms with Gasteiger partial charge in [0.05, 0.1) is 12.3 Å². The van der Waals surface area contributed by atoms with E-state index in [1.165, 1.54) is 11.4 Å². The molecule has 2 rings (SSSR count). The van der Waals surface area contributed by atoms with E-state index in [4.69, 9.17) is 5.73 Å². The van der Waals surface area contributed by atoms with Crippen molar-refractivity contribution in [1.82, 2.24) is 19.5 Å². The van der Waals surface area contributed by atoms with Crippen LogP contribution in [0, 0.1) is 6.92 Å². The van der Waals surface area contributed by atoms with Crippen molar-refractivity contribution in [1.29, 1.82) is 0 Å². The first-order valence-electron chi connectivity index (χ1n) is 6.04. The van der Waals surface area contributed by atoms with Crippen molar-refractivity contribution < 1.29 is 8.42 Å². The highest BCUT2D eigenvalue weighted by atomic mass is 32.2. The lowest BCUT2D eigenvalue weighted by atomic mass is 10.2. The van der Waals surface area contributed by atoms with Crippen molar-refractivity contribution in [2.75, 3.05) is 12.8 Å². The Morgan fingerprint density at radius 1 is 1.35 bits per heavy atom. The first-order chi connectivity index (χ1) is 9.38. The third kappa shape index (κ3) is 3.34. The molecule has 1 aromatic heterocycles. The summed E-state index contributed by atoms with van der Waals surface area (Å²) in [5, 5.41) is 6.61. The van der Waals surface area contributed by atoms with Crippen LogP contribution in [-0.4, -0.2) is 35.0 Å². The minimum atomic E-state index is -3.47. The molecule has 0 aliphatic carbocycles. The summed E-state index contributed by atoms with van der Waals surface area (Å²) >= 11 is 0. The molecule has 0 bridgehead atoms. The van der Waals surface area contributed by atoms with Crippen LogP contribution in [0.5, 0.6) is 0 Å². The Balaban J connectivity index is 2.12. The number of hydrogen-bond donors (Lipinski definition) is 2. The number of aryl methyl sites for hydroxylation is 1. The molecule has 0 aliphatic heterocycles. The molecule has 8 heteroatoms. The molecule has 0 spiro atoms. The van der Waals surface area contributed by atoms with Crippen molar-refractivity contribution >= 4 is 15.7 Å². The fraction of sp³-hybridized carbons (Fsp3) is 0.333. The number of sulfonamides is 1. The maximum absolute atomic E-state index is 12.3. The minimum absolute atomic E-state index is 0.124. The first kappa shape index (κ1) is 14.5. The molecule has 0 aliphatic rings. The van der Waals surface area contributed by atoms with E-state index in [0.717, 1.165) is 0 Å². The predicted octanol–water partition coefficient (Wildman–Crippen LogP) is 0.657. The lowest BCUT2D eigenvalue weighted by molar-refractivity contribution is 0.456. The maximum Gasteiger partial charge on any atom is 0.218 e. The van der Waals surface area contributed by atoms with E-state index in [9.17, 15) is 8.42 Å². The zero-order valence-corrected chi connectivity index (χ0v) is 12.2. The van der Waals surface area contributed by atoms with Crippen molar-refractivity contribution in [3.05, 3.63) is 41.5 Å². The number of para-hydroxylation sites is 1. The van der Waals surface area contributed by atoms with Gasteiger partial charge in [-0.1, -0.05) is 18.2 Å². The molecular formula is C12H17N5O2S. The van der Waals surface area contributed by atoms with Gasteiger partial charge in [-0.25, -0.2) is 13.4 Å². The summed E-state index contributed by atoms with van der Waals surface area (Å²) in [6.45, 7) is 1.88. The second-order valence-corrected chi connectivity index (χ2v) is 6.62. The van der Waals surface area contributed by atoms with E-state index in [1.807, 2.05) is 0 Å². The van der Waals surface area contributed by atoms with Gasteiger partial charge in [-0.3, -0.25) is 5.10 Å². The molecule has 0 saturated carbocycles. The summed E-state index contributed by atoms with van der Waals surface area (Å²) < 4.78 is 25.8. The average molecular weight is 295 g/mol. The van der Waals surface area contributed by atoms with Crippen LogP contribution in [0.25, 0.3) is 0 Å². The molecule has 0 unspecified atom stereocenters. The standard InChI is InChI=1S/C12H17N5O2S/c1-9-14-12(16-15-9)7-17(2)20(18,19)8-10-5-3-4-6-11(10)13/h3-6H,7-8,13H2,1-2H3,(H,14,15,16). The molecule has 7 nitrogen and oxygen atoms in total. The van der Waals surface area contributed by atoms with Crippen LogP contribution in [0.1, 0.15) is 17.2 Å². The molecule has 1 heterocycles. The average Bonchev–Trinajstić information content (AvgIpc) is 2.77. The predicted molar refractivity (Wildman–Crippen MR) is 76.1 cm³/mol. The second-order valence-electron chi connectivity index (χ2n) is 4.55. The summed E-state index contributed by atoms with van der Waals surface area (Å²) in [5.74, 6) is 0.951.